The SMILES string of the molecule is COCC(C)N(C)C(=O)CC1CS(=O)(=O)CCN1. The first-order valence-electron chi connectivity index (χ1n) is 6.04. The molecule has 0 radical (unpaired) electrons. The minimum Gasteiger partial charge on any atom is -0.383 e. The summed E-state index contributed by atoms with van der Waals surface area (Å²) in [7, 11) is 0.307. The largest absolute Gasteiger partial charge is 0.383 e. The van der Waals surface area contributed by atoms with Gasteiger partial charge in [-0.25, -0.2) is 8.42 Å². The fourth-order valence-corrected chi connectivity index (χ4v) is 3.40. The van der Waals surface area contributed by atoms with Crippen LogP contribution in [0.4, 0.5) is 0 Å². The molecule has 0 aliphatic carbocycles. The minimum atomic E-state index is -2.99. The lowest BCUT2D eigenvalue weighted by atomic mass is 10.2. The van der Waals surface area contributed by atoms with E-state index in [-0.39, 0.29) is 35.9 Å². The Hall–Kier alpha value is -0.660. The molecule has 6 nitrogen and oxygen atoms in total. The Bertz CT molecular complexity index is 383. The summed E-state index contributed by atoms with van der Waals surface area (Å²) in [4.78, 5) is 13.6. The third-order valence-corrected chi connectivity index (χ3v) is 4.92. The van der Waals surface area contributed by atoms with E-state index in [0.29, 0.717) is 13.2 Å². The lowest BCUT2D eigenvalue weighted by Crippen LogP contribution is -2.48. The van der Waals surface area contributed by atoms with E-state index in [9.17, 15) is 13.2 Å². The summed E-state index contributed by atoms with van der Waals surface area (Å²) in [6, 6.07) is -0.281. The van der Waals surface area contributed by atoms with Gasteiger partial charge in [0.2, 0.25) is 5.91 Å². The van der Waals surface area contributed by atoms with Crippen molar-refractivity contribution in [3.63, 3.8) is 0 Å². The number of hydrogen-bond donors (Lipinski definition) is 1. The number of hydrogen-bond acceptors (Lipinski definition) is 5. The van der Waals surface area contributed by atoms with Crippen LogP contribution >= 0.6 is 0 Å². The maximum atomic E-state index is 12.0. The highest BCUT2D eigenvalue weighted by Gasteiger charge is 2.27. The number of carbonyl (C=O) groups excluding carboxylic acids is 1. The summed E-state index contributed by atoms with van der Waals surface area (Å²) in [6.45, 7) is 2.79. The van der Waals surface area contributed by atoms with Crippen LogP contribution in [0.2, 0.25) is 0 Å². The molecule has 0 aromatic carbocycles. The standard InChI is InChI=1S/C11H22N2O4S/c1-9(7-17-3)13(2)11(14)6-10-8-18(15,16)5-4-12-10/h9-10,12H,4-8H2,1-3H3. The first kappa shape index (κ1) is 15.4. The van der Waals surface area contributed by atoms with Crippen molar-refractivity contribution in [1.29, 1.82) is 0 Å². The summed E-state index contributed by atoms with van der Waals surface area (Å²) >= 11 is 0. The van der Waals surface area contributed by atoms with E-state index in [1.165, 1.54) is 0 Å². The van der Waals surface area contributed by atoms with Gasteiger partial charge in [-0.05, 0) is 6.92 Å². The Balaban J connectivity index is 2.49. The Morgan fingerprint density at radius 3 is 2.78 bits per heavy atom. The molecule has 1 N–H and O–H groups in total. The van der Waals surface area contributed by atoms with E-state index in [2.05, 4.69) is 5.32 Å². The fourth-order valence-electron chi connectivity index (χ4n) is 1.95. The molecule has 1 aliphatic rings. The molecule has 1 rings (SSSR count). The zero-order chi connectivity index (χ0) is 13.8. The molecule has 1 aliphatic heterocycles. The molecule has 1 amide bonds. The van der Waals surface area contributed by atoms with E-state index in [1.807, 2.05) is 6.92 Å². The van der Waals surface area contributed by atoms with Gasteiger partial charge in [-0.3, -0.25) is 4.79 Å². The normalized spacial score (nSPS) is 24.5. The lowest BCUT2D eigenvalue weighted by molar-refractivity contribution is -0.133. The minimum absolute atomic E-state index is 0.0114. The predicted octanol–water partition coefficient (Wildman–Crippen LogP) is -0.744. The van der Waals surface area contributed by atoms with Crippen LogP contribution in [0.5, 0.6) is 0 Å². The molecule has 0 saturated carbocycles. The van der Waals surface area contributed by atoms with Gasteiger partial charge in [-0.1, -0.05) is 0 Å². The van der Waals surface area contributed by atoms with Crippen LogP contribution in [0.1, 0.15) is 13.3 Å². The highest BCUT2D eigenvalue weighted by Crippen LogP contribution is 2.08. The second kappa shape index (κ2) is 6.49. The highest BCUT2D eigenvalue weighted by atomic mass is 32.2. The average Bonchev–Trinajstić information content (AvgIpc) is 2.26. The number of sulfone groups is 1. The summed E-state index contributed by atoms with van der Waals surface area (Å²) in [6.07, 6.45) is 0.212. The third kappa shape index (κ3) is 4.55. The van der Waals surface area contributed by atoms with E-state index >= 15 is 0 Å². The summed E-state index contributed by atoms with van der Waals surface area (Å²) in [5.74, 6) is 0.146. The second-order valence-electron chi connectivity index (χ2n) is 4.78. The van der Waals surface area contributed by atoms with Crippen LogP contribution in [0, 0.1) is 0 Å². The second-order valence-corrected chi connectivity index (χ2v) is 7.01. The number of nitrogens with zero attached hydrogens (tertiary/aromatic N) is 1. The Morgan fingerprint density at radius 2 is 2.22 bits per heavy atom. The maximum Gasteiger partial charge on any atom is 0.224 e. The molecule has 1 heterocycles. The predicted molar refractivity (Wildman–Crippen MR) is 69.2 cm³/mol. The van der Waals surface area contributed by atoms with Crippen LogP contribution in [0.15, 0.2) is 0 Å². The van der Waals surface area contributed by atoms with Crippen molar-refractivity contribution in [3.8, 4) is 0 Å². The van der Waals surface area contributed by atoms with Gasteiger partial charge in [0, 0.05) is 33.2 Å². The molecule has 106 valence electrons. The molecule has 1 saturated heterocycles. The van der Waals surface area contributed by atoms with Crippen LogP contribution in [-0.4, -0.2) is 70.1 Å². The van der Waals surface area contributed by atoms with Crippen molar-refractivity contribution in [1.82, 2.24) is 10.2 Å². The summed E-state index contributed by atoms with van der Waals surface area (Å²) in [5.41, 5.74) is 0. The number of carbonyl (C=O) groups is 1. The van der Waals surface area contributed by atoms with Gasteiger partial charge in [0.1, 0.15) is 0 Å². The smallest absolute Gasteiger partial charge is 0.224 e. The first-order valence-corrected chi connectivity index (χ1v) is 7.86. The fraction of sp³-hybridized carbons (Fsp3) is 0.909. The monoisotopic (exact) mass is 278 g/mol. The summed E-state index contributed by atoms with van der Waals surface area (Å²) in [5, 5.41) is 3.07. The van der Waals surface area contributed by atoms with Crippen molar-refractivity contribution in [2.75, 3.05) is 38.8 Å². The van der Waals surface area contributed by atoms with Gasteiger partial charge in [-0.2, -0.15) is 0 Å². The van der Waals surface area contributed by atoms with Gasteiger partial charge < -0.3 is 15.0 Å². The number of likely N-dealkylation sites (N-methyl/N-ethyl adjacent to an activating group) is 1. The van der Waals surface area contributed by atoms with E-state index < -0.39 is 9.84 Å². The zero-order valence-electron chi connectivity index (χ0n) is 11.2. The van der Waals surface area contributed by atoms with Crippen molar-refractivity contribution in [2.45, 2.75) is 25.4 Å². The Morgan fingerprint density at radius 1 is 1.56 bits per heavy atom. The van der Waals surface area contributed by atoms with E-state index in [4.69, 9.17) is 4.74 Å². The van der Waals surface area contributed by atoms with E-state index in [0.717, 1.165) is 0 Å². The molecule has 7 heteroatoms. The molecule has 0 spiro atoms. The average molecular weight is 278 g/mol. The molecule has 1 fully saturated rings. The van der Waals surface area contributed by atoms with Crippen LogP contribution in [0.3, 0.4) is 0 Å². The number of ether oxygens (including phenoxy) is 1. The van der Waals surface area contributed by atoms with Crippen molar-refractivity contribution >= 4 is 15.7 Å². The third-order valence-electron chi connectivity index (χ3n) is 3.18. The molecule has 0 aromatic rings. The van der Waals surface area contributed by atoms with Gasteiger partial charge in [0.25, 0.3) is 0 Å². The molecule has 0 bridgehead atoms. The molecular formula is C11H22N2O4S. The lowest BCUT2D eigenvalue weighted by Gasteiger charge is -2.28. The topological polar surface area (TPSA) is 75.7 Å². The van der Waals surface area contributed by atoms with Crippen LogP contribution in [-0.2, 0) is 19.4 Å². The van der Waals surface area contributed by atoms with Gasteiger partial charge in [0.15, 0.2) is 9.84 Å². The van der Waals surface area contributed by atoms with Gasteiger partial charge in [-0.15, -0.1) is 0 Å². The van der Waals surface area contributed by atoms with Crippen molar-refractivity contribution in [3.05, 3.63) is 0 Å². The number of methoxy groups -OCH3 is 1. The van der Waals surface area contributed by atoms with Crippen molar-refractivity contribution in [2.24, 2.45) is 0 Å². The van der Waals surface area contributed by atoms with Crippen molar-refractivity contribution < 1.29 is 17.9 Å². The van der Waals surface area contributed by atoms with Gasteiger partial charge >= 0.3 is 0 Å². The van der Waals surface area contributed by atoms with E-state index in [1.54, 1.807) is 19.1 Å². The molecule has 2 atom stereocenters. The molecule has 18 heavy (non-hydrogen) atoms. The number of rotatable bonds is 5. The Labute approximate surface area is 109 Å². The molecule has 2 unspecified atom stereocenters. The van der Waals surface area contributed by atoms with Crippen LogP contribution < -0.4 is 5.32 Å². The molecular weight excluding hydrogens is 256 g/mol. The molecule has 0 aromatic heterocycles. The Kier molecular flexibility index (Phi) is 5.55. The quantitative estimate of drug-likeness (QED) is 0.716. The highest BCUT2D eigenvalue weighted by molar-refractivity contribution is 7.91. The maximum absolute atomic E-state index is 12.0. The summed E-state index contributed by atoms with van der Waals surface area (Å²) < 4.78 is 27.9. The van der Waals surface area contributed by atoms with Gasteiger partial charge in [0.05, 0.1) is 24.2 Å². The first-order chi connectivity index (χ1) is 8.35. The number of amides is 1. The number of nitrogens with one attached hydrogen (secondary N) is 1. The zero-order valence-corrected chi connectivity index (χ0v) is 12.0. The van der Waals surface area contributed by atoms with Crippen LogP contribution in [0.25, 0.3) is 0 Å².